The highest BCUT2D eigenvalue weighted by Crippen LogP contribution is 2.16. The lowest BCUT2D eigenvalue weighted by atomic mass is 10.1. The molecule has 0 fully saturated rings. The number of hydrogen-bond donors (Lipinski definition) is 1. The zero-order valence-electron chi connectivity index (χ0n) is 9.27. The summed E-state index contributed by atoms with van der Waals surface area (Å²) in [6.07, 6.45) is 0.559. The van der Waals surface area contributed by atoms with Crippen molar-refractivity contribution in [2.45, 2.75) is 18.5 Å². The zero-order valence-corrected chi connectivity index (χ0v) is 10.1. The van der Waals surface area contributed by atoms with E-state index in [0.717, 1.165) is 12.0 Å². The Labute approximate surface area is 100 Å². The second-order valence-corrected chi connectivity index (χ2v) is 4.13. The van der Waals surface area contributed by atoms with Gasteiger partial charge in [0.15, 0.2) is 5.16 Å². The maximum Gasteiger partial charge on any atom is 0.337 e. The first-order valence-electron chi connectivity index (χ1n) is 4.93. The van der Waals surface area contributed by atoms with Crippen LogP contribution in [0, 0.1) is 0 Å². The van der Waals surface area contributed by atoms with E-state index in [0.29, 0.717) is 17.4 Å². The van der Waals surface area contributed by atoms with Crippen molar-refractivity contribution in [3.8, 4) is 0 Å². The molecule has 0 aromatic carbocycles. The number of nitrogens with zero attached hydrogens (tertiary/aromatic N) is 1. The summed E-state index contributed by atoms with van der Waals surface area (Å²) in [7, 11) is 1.45. The van der Waals surface area contributed by atoms with Crippen molar-refractivity contribution < 1.29 is 8.60 Å². The van der Waals surface area contributed by atoms with Gasteiger partial charge in [-0.15, -0.1) is 0 Å². The standard InChI is InChI=1S/C10H10N2O4S/c1-3-5-4-6(13)16-9-7(5)8(14)11-10(12-9)17-15-2/h4H,3H2,1-2H3,(H,11,12,14). The molecule has 0 bridgehead atoms. The lowest BCUT2D eigenvalue weighted by molar-refractivity contribution is 0.484. The zero-order chi connectivity index (χ0) is 12.4. The molecule has 6 nitrogen and oxygen atoms in total. The summed E-state index contributed by atoms with van der Waals surface area (Å²) in [5, 5.41) is 0.564. The van der Waals surface area contributed by atoms with Crippen molar-refractivity contribution >= 4 is 23.1 Å². The minimum Gasteiger partial charge on any atom is -0.403 e. The van der Waals surface area contributed by atoms with Crippen molar-refractivity contribution in [1.29, 1.82) is 0 Å². The van der Waals surface area contributed by atoms with Gasteiger partial charge in [-0.2, -0.15) is 4.98 Å². The second kappa shape index (κ2) is 4.72. The molecule has 1 N–H and O–H groups in total. The number of aryl methyl sites for hydroxylation is 1. The molecule has 0 radical (unpaired) electrons. The number of rotatable bonds is 3. The molecule has 2 aromatic rings. The number of H-pyrrole nitrogens is 1. The molecule has 0 amide bonds. The quantitative estimate of drug-likeness (QED) is 0.652. The Bertz CT molecular complexity index is 661. The number of nitrogens with one attached hydrogen (secondary N) is 1. The van der Waals surface area contributed by atoms with Crippen LogP contribution in [0.2, 0.25) is 0 Å². The van der Waals surface area contributed by atoms with Gasteiger partial charge in [0, 0.05) is 6.07 Å². The number of fused-ring (bicyclic) bond motifs is 1. The van der Waals surface area contributed by atoms with Crippen LogP contribution in [0.3, 0.4) is 0 Å². The van der Waals surface area contributed by atoms with Gasteiger partial charge in [0.2, 0.25) is 5.71 Å². The first-order chi connectivity index (χ1) is 8.15. The molecule has 0 aliphatic rings. The molecule has 2 heterocycles. The van der Waals surface area contributed by atoms with E-state index >= 15 is 0 Å². The lowest BCUT2D eigenvalue weighted by Crippen LogP contribution is -2.14. The van der Waals surface area contributed by atoms with Crippen LogP contribution in [0.15, 0.2) is 25.2 Å². The number of aromatic amines is 1. The fraction of sp³-hybridized carbons (Fsp3) is 0.300. The van der Waals surface area contributed by atoms with Gasteiger partial charge in [-0.1, -0.05) is 6.92 Å². The largest absolute Gasteiger partial charge is 0.403 e. The number of aromatic nitrogens is 2. The fourth-order valence-electron chi connectivity index (χ4n) is 1.53. The highest BCUT2D eigenvalue weighted by atomic mass is 32.2. The smallest absolute Gasteiger partial charge is 0.337 e. The van der Waals surface area contributed by atoms with Crippen LogP contribution in [0.4, 0.5) is 0 Å². The van der Waals surface area contributed by atoms with E-state index in [-0.39, 0.29) is 16.4 Å². The minimum absolute atomic E-state index is 0.0395. The van der Waals surface area contributed by atoms with Gasteiger partial charge >= 0.3 is 5.63 Å². The third-order valence-electron chi connectivity index (χ3n) is 2.22. The Kier molecular flexibility index (Phi) is 3.30. The van der Waals surface area contributed by atoms with Crippen LogP contribution in [-0.4, -0.2) is 17.1 Å². The van der Waals surface area contributed by atoms with Crippen LogP contribution in [0.5, 0.6) is 0 Å². The van der Waals surface area contributed by atoms with E-state index in [9.17, 15) is 9.59 Å². The minimum atomic E-state index is -0.513. The van der Waals surface area contributed by atoms with E-state index in [1.54, 1.807) is 0 Å². The van der Waals surface area contributed by atoms with Gasteiger partial charge < -0.3 is 8.60 Å². The topological polar surface area (TPSA) is 85.2 Å². The second-order valence-electron chi connectivity index (χ2n) is 3.25. The summed E-state index contributed by atoms with van der Waals surface area (Å²) < 4.78 is 9.70. The molecule has 0 saturated carbocycles. The lowest BCUT2D eigenvalue weighted by Gasteiger charge is -2.02. The summed E-state index contributed by atoms with van der Waals surface area (Å²) in [5.41, 5.74) is -0.187. The van der Waals surface area contributed by atoms with Crippen molar-refractivity contribution in [3.63, 3.8) is 0 Å². The predicted octanol–water partition coefficient (Wildman–Crippen LogP) is 1.09. The van der Waals surface area contributed by atoms with Crippen LogP contribution in [0.1, 0.15) is 12.5 Å². The highest BCUT2D eigenvalue weighted by Gasteiger charge is 2.11. The summed E-state index contributed by atoms with van der Waals surface area (Å²) in [5.74, 6) is 0. The Morgan fingerprint density at radius 1 is 1.53 bits per heavy atom. The van der Waals surface area contributed by atoms with Crippen molar-refractivity contribution in [3.05, 3.63) is 32.4 Å². The molecule has 0 atom stereocenters. The maximum absolute atomic E-state index is 11.8. The van der Waals surface area contributed by atoms with E-state index in [4.69, 9.17) is 8.60 Å². The highest BCUT2D eigenvalue weighted by molar-refractivity contribution is 7.94. The van der Waals surface area contributed by atoms with Crippen molar-refractivity contribution in [1.82, 2.24) is 9.97 Å². The molecular formula is C10H10N2O4S. The van der Waals surface area contributed by atoms with Crippen LogP contribution in [-0.2, 0) is 10.6 Å². The predicted molar refractivity (Wildman–Crippen MR) is 63.1 cm³/mol. The van der Waals surface area contributed by atoms with Gasteiger partial charge in [0.25, 0.3) is 5.56 Å². The molecule has 0 saturated heterocycles. The molecule has 2 rings (SSSR count). The monoisotopic (exact) mass is 254 g/mol. The Morgan fingerprint density at radius 2 is 2.29 bits per heavy atom. The molecular weight excluding hydrogens is 244 g/mol. The van der Waals surface area contributed by atoms with Crippen molar-refractivity contribution in [2.75, 3.05) is 7.11 Å². The average Bonchev–Trinajstić information content (AvgIpc) is 2.27. The summed E-state index contributed by atoms with van der Waals surface area (Å²) in [6.45, 7) is 1.85. The van der Waals surface area contributed by atoms with E-state index in [1.807, 2.05) is 6.92 Å². The Hall–Kier alpha value is -1.60. The SMILES string of the molecule is CCc1cc(=O)oc2nc(SOC)[nH]c(=O)c12. The molecule has 0 unspecified atom stereocenters. The van der Waals surface area contributed by atoms with Gasteiger partial charge in [-0.05, 0) is 12.0 Å². The molecule has 0 spiro atoms. The van der Waals surface area contributed by atoms with Gasteiger partial charge in [-0.25, -0.2) is 4.79 Å². The third kappa shape index (κ3) is 2.25. The average molecular weight is 254 g/mol. The van der Waals surface area contributed by atoms with Crippen molar-refractivity contribution in [2.24, 2.45) is 0 Å². The summed E-state index contributed by atoms with van der Waals surface area (Å²) >= 11 is 0.895. The Morgan fingerprint density at radius 3 is 2.94 bits per heavy atom. The van der Waals surface area contributed by atoms with Gasteiger partial charge in [0.05, 0.1) is 19.2 Å². The number of hydrogen-bond acceptors (Lipinski definition) is 6. The first kappa shape index (κ1) is 11.9. The molecule has 2 aromatic heterocycles. The summed E-state index contributed by atoms with van der Waals surface area (Å²) in [6, 6.07) is 1.31. The molecule has 17 heavy (non-hydrogen) atoms. The fourth-order valence-corrected chi connectivity index (χ4v) is 1.94. The van der Waals surface area contributed by atoms with E-state index in [1.165, 1.54) is 13.2 Å². The molecule has 7 heteroatoms. The van der Waals surface area contributed by atoms with Crippen LogP contribution < -0.4 is 11.2 Å². The van der Waals surface area contributed by atoms with Gasteiger partial charge in [0.1, 0.15) is 5.39 Å². The first-order valence-corrected chi connectivity index (χ1v) is 5.67. The molecule has 90 valence electrons. The van der Waals surface area contributed by atoms with Crippen LogP contribution >= 0.6 is 12.0 Å². The summed E-state index contributed by atoms with van der Waals surface area (Å²) in [4.78, 5) is 29.7. The van der Waals surface area contributed by atoms with E-state index in [2.05, 4.69) is 9.97 Å². The van der Waals surface area contributed by atoms with Crippen LogP contribution in [0.25, 0.3) is 11.1 Å². The molecule has 0 aliphatic carbocycles. The maximum atomic E-state index is 11.8. The third-order valence-corrected chi connectivity index (χ3v) is 2.74. The van der Waals surface area contributed by atoms with E-state index < -0.39 is 5.63 Å². The normalized spacial score (nSPS) is 10.9. The Balaban J connectivity index is 2.81. The van der Waals surface area contributed by atoms with Gasteiger partial charge in [-0.3, -0.25) is 9.78 Å². The molecule has 0 aliphatic heterocycles.